The number of aromatic nitrogens is 2. The molecule has 2 heterocycles. The number of rotatable bonds is 1. The minimum atomic E-state index is 0. The molecule has 4 rings (SSSR count). The number of hydrogen-bond donors (Lipinski definition) is 0. The fraction of sp³-hybridized carbons (Fsp3) is 0.389. The van der Waals surface area contributed by atoms with E-state index in [1.54, 1.807) is 5.56 Å². The van der Waals surface area contributed by atoms with Gasteiger partial charge in [-0.2, -0.15) is 0 Å². The van der Waals surface area contributed by atoms with Gasteiger partial charge in [-0.1, -0.05) is 19.9 Å². The topological polar surface area (TPSA) is 8.29 Å². The summed E-state index contributed by atoms with van der Waals surface area (Å²) < 4.78 is 4.68. The van der Waals surface area contributed by atoms with Gasteiger partial charge in [-0.3, -0.25) is 0 Å². The molecule has 1 aromatic carbocycles. The molecule has 1 aliphatic rings. The maximum absolute atomic E-state index is 2.41. The molecule has 0 radical (unpaired) electrons. The molecule has 0 saturated heterocycles. The summed E-state index contributed by atoms with van der Waals surface area (Å²) in [7, 11) is 2.17. The van der Waals surface area contributed by atoms with Crippen molar-refractivity contribution in [1.29, 1.82) is 0 Å². The second-order valence-corrected chi connectivity index (χ2v) is 6.34. The van der Waals surface area contributed by atoms with E-state index >= 15 is 0 Å². The van der Waals surface area contributed by atoms with Crippen LogP contribution in [0.15, 0.2) is 30.6 Å². The lowest BCUT2D eigenvalue weighted by Gasteiger charge is -2.10. The van der Waals surface area contributed by atoms with E-state index in [0.29, 0.717) is 5.92 Å². The van der Waals surface area contributed by atoms with E-state index < -0.39 is 0 Å². The normalized spacial score (nSPS) is 13.9. The molecule has 0 atom stereocenters. The van der Waals surface area contributed by atoms with Crippen LogP contribution in [0, 0.1) is 0 Å². The van der Waals surface area contributed by atoms with Gasteiger partial charge < -0.3 is 28.4 Å². The largest absolute Gasteiger partial charge is 1.00 e. The van der Waals surface area contributed by atoms with Gasteiger partial charge in [0.2, 0.25) is 5.69 Å². The van der Waals surface area contributed by atoms with Crippen LogP contribution in [0.4, 0.5) is 0 Å². The van der Waals surface area contributed by atoms with Gasteiger partial charge in [-0.25, -0.2) is 4.57 Å². The van der Waals surface area contributed by atoms with E-state index in [9.17, 15) is 0 Å². The minimum absolute atomic E-state index is 0. The highest BCUT2D eigenvalue weighted by Crippen LogP contribution is 2.34. The maximum atomic E-state index is 2.41. The first-order chi connectivity index (χ1) is 9.66. The minimum Gasteiger partial charge on any atom is -1.00 e. The zero-order valence-corrected chi connectivity index (χ0v) is 15.0. The fourth-order valence-corrected chi connectivity index (χ4v) is 3.63. The molecule has 0 amide bonds. The van der Waals surface area contributed by atoms with Crippen LogP contribution in [0.1, 0.15) is 43.0 Å². The van der Waals surface area contributed by atoms with Crippen LogP contribution in [0.5, 0.6) is 0 Å². The Morgan fingerprint density at radius 1 is 1.19 bits per heavy atom. The Kier molecular flexibility index (Phi) is 3.72. The molecule has 3 aromatic rings. The standard InChI is InChI=1S/C18H21N2.HI/c1-12(2)13-7-8-16-15(11-13)14-5-4-6-17-18(14)20(16)10-9-19(17)3;/h7-12H,4-6H2,1-3H3;1H/q+1;/p-1. The summed E-state index contributed by atoms with van der Waals surface area (Å²) in [6, 6.07) is 7.00. The molecular weight excluding hydrogens is 371 g/mol. The van der Waals surface area contributed by atoms with Gasteiger partial charge in [-0.15, -0.1) is 0 Å². The van der Waals surface area contributed by atoms with E-state index in [-0.39, 0.29) is 24.0 Å². The molecule has 1 aliphatic carbocycles. The molecule has 110 valence electrons. The van der Waals surface area contributed by atoms with Gasteiger partial charge in [0.05, 0.1) is 11.7 Å². The van der Waals surface area contributed by atoms with Crippen molar-refractivity contribution in [3.63, 3.8) is 0 Å². The van der Waals surface area contributed by atoms with Crippen LogP contribution in [0.2, 0.25) is 0 Å². The summed E-state index contributed by atoms with van der Waals surface area (Å²) in [6.45, 7) is 4.54. The second-order valence-electron chi connectivity index (χ2n) is 6.34. The number of aryl methyl sites for hydroxylation is 3. The second kappa shape index (κ2) is 5.27. The highest BCUT2D eigenvalue weighted by molar-refractivity contribution is 5.93. The third kappa shape index (κ3) is 2.08. The summed E-state index contributed by atoms with van der Waals surface area (Å²) in [6.07, 6.45) is 8.08. The van der Waals surface area contributed by atoms with E-state index in [4.69, 9.17) is 0 Å². The van der Waals surface area contributed by atoms with Crippen LogP contribution >= 0.6 is 0 Å². The first-order valence-electron chi connectivity index (χ1n) is 7.61. The molecule has 21 heavy (non-hydrogen) atoms. The first-order valence-corrected chi connectivity index (χ1v) is 7.61. The third-order valence-corrected chi connectivity index (χ3v) is 4.78. The maximum Gasteiger partial charge on any atom is 0.205 e. The lowest BCUT2D eigenvalue weighted by molar-refractivity contribution is -0.678. The molecule has 0 bridgehead atoms. The van der Waals surface area contributed by atoms with Crippen molar-refractivity contribution in [2.45, 2.75) is 39.0 Å². The molecule has 0 saturated carbocycles. The zero-order chi connectivity index (χ0) is 13.9. The van der Waals surface area contributed by atoms with Crippen LogP contribution in [-0.4, -0.2) is 4.40 Å². The smallest absolute Gasteiger partial charge is 0.205 e. The first kappa shape index (κ1) is 14.8. The number of hydrogen-bond acceptors (Lipinski definition) is 0. The van der Waals surface area contributed by atoms with Gasteiger partial charge >= 0.3 is 0 Å². The van der Waals surface area contributed by atoms with Crippen molar-refractivity contribution >= 4 is 16.4 Å². The molecular formula is C18H21IN2. The summed E-state index contributed by atoms with van der Waals surface area (Å²) in [4.78, 5) is 0. The third-order valence-electron chi connectivity index (χ3n) is 4.78. The molecule has 0 aliphatic heterocycles. The number of benzene rings is 1. The van der Waals surface area contributed by atoms with Crippen LogP contribution in [0.3, 0.4) is 0 Å². The Bertz CT molecular complexity index is 830. The number of fused-ring (bicyclic) bond motifs is 3. The van der Waals surface area contributed by atoms with Crippen LogP contribution in [-0.2, 0) is 19.9 Å². The highest BCUT2D eigenvalue weighted by atomic mass is 127. The molecule has 2 nitrogen and oxygen atoms in total. The van der Waals surface area contributed by atoms with Crippen molar-refractivity contribution in [3.8, 4) is 0 Å². The molecule has 0 unspecified atom stereocenters. The van der Waals surface area contributed by atoms with E-state index in [1.165, 1.54) is 46.9 Å². The Balaban J connectivity index is 0.00000132. The zero-order valence-electron chi connectivity index (χ0n) is 12.9. The van der Waals surface area contributed by atoms with Crippen molar-refractivity contribution < 1.29 is 28.5 Å². The summed E-state index contributed by atoms with van der Waals surface area (Å²) in [5.74, 6) is 0.591. The van der Waals surface area contributed by atoms with Crippen molar-refractivity contribution in [2.75, 3.05) is 0 Å². The van der Waals surface area contributed by atoms with E-state index in [2.05, 4.69) is 60.5 Å². The highest BCUT2D eigenvalue weighted by Gasteiger charge is 2.24. The molecule has 0 fully saturated rings. The number of halogens is 1. The predicted octanol–water partition coefficient (Wildman–Crippen LogP) is 0.533. The predicted molar refractivity (Wildman–Crippen MR) is 82.2 cm³/mol. The fourth-order valence-electron chi connectivity index (χ4n) is 3.63. The van der Waals surface area contributed by atoms with E-state index in [0.717, 1.165) is 0 Å². The molecule has 2 aromatic heterocycles. The van der Waals surface area contributed by atoms with Gasteiger partial charge in [-0.05, 0) is 42.0 Å². The van der Waals surface area contributed by atoms with Crippen LogP contribution < -0.4 is 28.5 Å². The quantitative estimate of drug-likeness (QED) is 0.422. The Morgan fingerprint density at radius 3 is 2.76 bits per heavy atom. The molecule has 3 heteroatoms. The monoisotopic (exact) mass is 392 g/mol. The Hall–Kier alpha value is -1.10. The van der Waals surface area contributed by atoms with E-state index in [1.807, 2.05) is 0 Å². The summed E-state index contributed by atoms with van der Waals surface area (Å²) >= 11 is 0. The SMILES string of the molecule is CC(C)c1ccc2c(c1)c1c3c([n+](C)ccn32)CCC1.[I-]. The van der Waals surface area contributed by atoms with Crippen molar-refractivity contribution in [1.82, 2.24) is 4.40 Å². The molecule has 0 spiro atoms. The Morgan fingerprint density at radius 2 is 2.00 bits per heavy atom. The van der Waals surface area contributed by atoms with Gasteiger partial charge in [0.25, 0.3) is 0 Å². The molecule has 0 N–H and O–H groups in total. The van der Waals surface area contributed by atoms with Gasteiger partial charge in [0.1, 0.15) is 12.6 Å². The van der Waals surface area contributed by atoms with Crippen LogP contribution in [0.25, 0.3) is 16.4 Å². The van der Waals surface area contributed by atoms with Gasteiger partial charge in [0, 0.05) is 11.8 Å². The lowest BCUT2D eigenvalue weighted by Crippen LogP contribution is -3.00. The lowest BCUT2D eigenvalue weighted by atomic mass is 9.95. The van der Waals surface area contributed by atoms with Crippen molar-refractivity contribution in [3.05, 3.63) is 47.4 Å². The summed E-state index contributed by atoms with van der Waals surface area (Å²) in [5.41, 5.74) is 7.30. The Labute approximate surface area is 142 Å². The van der Waals surface area contributed by atoms with Crippen molar-refractivity contribution in [2.24, 2.45) is 7.05 Å². The average molecular weight is 392 g/mol. The van der Waals surface area contributed by atoms with Gasteiger partial charge in [0.15, 0.2) is 6.20 Å². The summed E-state index contributed by atoms with van der Waals surface area (Å²) in [5, 5.41) is 1.46. The average Bonchev–Trinajstić information content (AvgIpc) is 2.78. The number of nitrogens with zero attached hydrogens (tertiary/aromatic N) is 2.